The predicted molar refractivity (Wildman–Crippen MR) is 209 cm³/mol. The Balaban J connectivity index is 1.55. The summed E-state index contributed by atoms with van der Waals surface area (Å²) in [5, 5.41) is -0.577. The van der Waals surface area contributed by atoms with Crippen LogP contribution in [-0.4, -0.2) is 14.1 Å². The summed E-state index contributed by atoms with van der Waals surface area (Å²) in [5.41, 5.74) is -11.0. The first kappa shape index (κ1) is 42.3. The van der Waals surface area contributed by atoms with Crippen molar-refractivity contribution in [3.63, 3.8) is 0 Å². The minimum Gasteiger partial charge on any atom is -0.308 e. The molecule has 9 aromatic rings. The highest BCUT2D eigenvalue weighted by atomic mass is 19.4. The smallest absolute Gasteiger partial charge is 0.308 e. The van der Waals surface area contributed by atoms with Crippen LogP contribution >= 0.6 is 0 Å². The number of benzene rings is 6. The number of hydrogen-bond donors (Lipinski definition) is 0. The summed E-state index contributed by atoms with van der Waals surface area (Å²) >= 11 is 0. The summed E-state index contributed by atoms with van der Waals surface area (Å²) in [6.45, 7) is 0. The molecule has 0 amide bonds. The van der Waals surface area contributed by atoms with Gasteiger partial charge < -0.3 is 9.13 Å². The third-order valence-electron chi connectivity index (χ3n) is 10.8. The van der Waals surface area contributed by atoms with Crippen molar-refractivity contribution < 1.29 is 65.9 Å². The topological polar surface area (TPSA) is 22.8 Å². The van der Waals surface area contributed by atoms with E-state index >= 15 is 13.2 Å². The minimum atomic E-state index is -5.40. The first-order valence-corrected chi connectivity index (χ1v) is 18.6. The molecule has 0 saturated carbocycles. The second kappa shape index (κ2) is 14.3. The zero-order valence-corrected chi connectivity index (χ0v) is 31.7. The molecule has 0 N–H and O–H groups in total. The van der Waals surface area contributed by atoms with E-state index in [4.69, 9.17) is 0 Å². The number of hydrogen-bond acceptors (Lipinski definition) is 1. The Labute approximate surface area is 349 Å². The van der Waals surface area contributed by atoms with E-state index in [1.54, 1.807) is 30.3 Å². The van der Waals surface area contributed by atoms with Gasteiger partial charge in [-0.05, 0) is 72.8 Å². The fourth-order valence-corrected chi connectivity index (χ4v) is 8.00. The van der Waals surface area contributed by atoms with Gasteiger partial charge >= 0.3 is 30.9 Å². The molecule has 18 heteroatoms. The quantitative estimate of drug-likeness (QED) is 0.161. The number of pyridine rings is 1. The maximum absolute atomic E-state index is 15.4. The normalized spacial score (nSPS) is 13.2. The van der Waals surface area contributed by atoms with Crippen molar-refractivity contribution in [1.29, 1.82) is 0 Å². The Morgan fingerprint density at radius 1 is 0.312 bits per heavy atom. The van der Waals surface area contributed by atoms with Crippen LogP contribution in [0.3, 0.4) is 0 Å². The number of nitrogens with zero attached hydrogens (tertiary/aromatic N) is 3. The number of aromatic nitrogens is 3. The van der Waals surface area contributed by atoms with Crippen LogP contribution in [-0.2, 0) is 30.9 Å². The van der Waals surface area contributed by atoms with E-state index in [9.17, 15) is 52.7 Å². The summed E-state index contributed by atoms with van der Waals surface area (Å²) in [5.74, 6) is 0. The van der Waals surface area contributed by atoms with Crippen molar-refractivity contribution in [2.24, 2.45) is 0 Å². The molecule has 3 nitrogen and oxygen atoms in total. The Morgan fingerprint density at radius 2 is 0.641 bits per heavy atom. The maximum atomic E-state index is 15.4. The highest BCUT2D eigenvalue weighted by Crippen LogP contribution is 2.48. The Hall–Kier alpha value is -6.98. The third kappa shape index (κ3) is 7.23. The van der Waals surface area contributed by atoms with Gasteiger partial charge in [-0.3, -0.25) is 0 Å². The molecule has 3 aromatic heterocycles. The highest BCUT2D eigenvalue weighted by molar-refractivity contribution is 6.12. The largest absolute Gasteiger partial charge is 0.416 e. The second-order valence-corrected chi connectivity index (χ2v) is 14.8. The molecule has 0 saturated heterocycles. The second-order valence-electron chi connectivity index (χ2n) is 14.8. The van der Waals surface area contributed by atoms with E-state index in [1.807, 2.05) is 0 Å². The minimum absolute atomic E-state index is 0.136. The van der Waals surface area contributed by atoms with Crippen LogP contribution in [0.25, 0.3) is 77.5 Å². The van der Waals surface area contributed by atoms with E-state index < -0.39 is 97.7 Å². The van der Waals surface area contributed by atoms with Crippen LogP contribution in [0.4, 0.5) is 65.9 Å². The standard InChI is InChI=1S/C46H22F15N3/c47-42(48,49)24-9-13-29-30-14-10-25(43(50,51)52)18-36(30)63(35(29)17-24)39-21-28(46(59,60)61)22-40(41(39)34-8-4-7-33(62-34)23-5-2-1-3-6-23)64-37-19-26(44(53,54)55)11-15-31(37)32-16-12-27(20-38(32)64)45(56,57)58/h1-22H. The zero-order chi connectivity index (χ0) is 45.9. The van der Waals surface area contributed by atoms with Gasteiger partial charge in [0.25, 0.3) is 0 Å². The van der Waals surface area contributed by atoms with Gasteiger partial charge in [-0.15, -0.1) is 0 Å². The Kier molecular flexibility index (Phi) is 9.44. The SMILES string of the molecule is FC(F)(F)c1cc(-n2c3cc(C(F)(F)F)ccc3c3ccc(C(F)(F)F)cc32)c(-c2cccc(-c3ccccc3)n2)c(-n2c3cc(C(F)(F)F)ccc3c3ccc(C(F)(F)F)cc32)c1. The fourth-order valence-electron chi connectivity index (χ4n) is 8.00. The van der Waals surface area contributed by atoms with Gasteiger partial charge in [-0.1, -0.05) is 60.7 Å². The predicted octanol–water partition coefficient (Wildman–Crippen LogP) is 15.7. The van der Waals surface area contributed by atoms with Crippen LogP contribution < -0.4 is 0 Å². The summed E-state index contributed by atoms with van der Waals surface area (Å²) in [4.78, 5) is 4.67. The monoisotopic (exact) mass is 901 g/mol. The van der Waals surface area contributed by atoms with E-state index in [-0.39, 0.29) is 32.9 Å². The first-order valence-electron chi connectivity index (χ1n) is 18.6. The molecule has 0 unspecified atom stereocenters. The Morgan fingerprint density at radius 3 is 0.969 bits per heavy atom. The number of alkyl halides is 15. The molecule has 3 heterocycles. The molecule has 0 atom stereocenters. The summed E-state index contributed by atoms with van der Waals surface area (Å²) in [6, 6.07) is 21.3. The van der Waals surface area contributed by atoms with Crippen molar-refractivity contribution in [3.05, 3.63) is 161 Å². The lowest BCUT2D eigenvalue weighted by molar-refractivity contribution is -0.138. The molecule has 6 aromatic carbocycles. The van der Waals surface area contributed by atoms with E-state index in [1.165, 1.54) is 18.2 Å². The van der Waals surface area contributed by atoms with Crippen LogP contribution in [0.5, 0.6) is 0 Å². The van der Waals surface area contributed by atoms with Gasteiger partial charge in [-0.25, -0.2) is 4.98 Å². The average Bonchev–Trinajstić information content (AvgIpc) is 3.73. The van der Waals surface area contributed by atoms with Gasteiger partial charge in [0.2, 0.25) is 0 Å². The first-order chi connectivity index (χ1) is 29.9. The average molecular weight is 902 g/mol. The van der Waals surface area contributed by atoms with Gasteiger partial charge in [-0.2, -0.15) is 65.9 Å². The molecule has 0 aliphatic heterocycles. The number of rotatable bonds is 4. The van der Waals surface area contributed by atoms with Crippen molar-refractivity contribution >= 4 is 43.6 Å². The van der Waals surface area contributed by atoms with Gasteiger partial charge in [0.1, 0.15) is 0 Å². The summed E-state index contributed by atoms with van der Waals surface area (Å²) in [6.07, 6.45) is -25.8. The molecular weight excluding hydrogens is 879 g/mol. The molecule has 0 bridgehead atoms. The van der Waals surface area contributed by atoms with Gasteiger partial charge in [0, 0.05) is 32.7 Å². The van der Waals surface area contributed by atoms with Crippen LogP contribution in [0, 0.1) is 0 Å². The van der Waals surface area contributed by atoms with Crippen molar-refractivity contribution in [2.45, 2.75) is 30.9 Å². The van der Waals surface area contributed by atoms with E-state index in [0.29, 0.717) is 66.2 Å². The van der Waals surface area contributed by atoms with Gasteiger partial charge in [0.05, 0.1) is 72.6 Å². The van der Waals surface area contributed by atoms with Crippen molar-refractivity contribution in [2.75, 3.05) is 0 Å². The Bertz CT molecular complexity index is 3000. The molecule has 0 fully saturated rings. The lowest BCUT2D eigenvalue weighted by Gasteiger charge is -2.23. The molecule has 0 aliphatic carbocycles. The van der Waals surface area contributed by atoms with E-state index in [2.05, 4.69) is 4.98 Å². The zero-order valence-electron chi connectivity index (χ0n) is 31.7. The molecular formula is C46H22F15N3. The number of halogens is 15. The molecule has 0 radical (unpaired) electrons. The maximum Gasteiger partial charge on any atom is 0.416 e. The van der Waals surface area contributed by atoms with Crippen molar-refractivity contribution in [1.82, 2.24) is 14.1 Å². The fraction of sp³-hybridized carbons (Fsp3) is 0.109. The highest BCUT2D eigenvalue weighted by Gasteiger charge is 2.38. The van der Waals surface area contributed by atoms with Crippen LogP contribution in [0.15, 0.2) is 133 Å². The molecule has 0 aliphatic rings. The third-order valence-corrected chi connectivity index (χ3v) is 10.8. The van der Waals surface area contributed by atoms with Gasteiger partial charge in [0.15, 0.2) is 0 Å². The van der Waals surface area contributed by atoms with Crippen LogP contribution in [0.1, 0.15) is 27.8 Å². The lowest BCUT2D eigenvalue weighted by Crippen LogP contribution is -2.12. The number of fused-ring (bicyclic) bond motifs is 6. The van der Waals surface area contributed by atoms with Crippen LogP contribution in [0.2, 0.25) is 0 Å². The molecule has 9 rings (SSSR count). The van der Waals surface area contributed by atoms with E-state index in [0.717, 1.165) is 33.4 Å². The molecule has 0 spiro atoms. The lowest BCUT2D eigenvalue weighted by atomic mass is 10.00. The molecule has 326 valence electrons. The summed E-state index contributed by atoms with van der Waals surface area (Å²) < 4.78 is 220. The van der Waals surface area contributed by atoms with Crippen molar-refractivity contribution in [3.8, 4) is 33.9 Å². The molecule has 64 heavy (non-hydrogen) atoms. The summed E-state index contributed by atoms with van der Waals surface area (Å²) in [7, 11) is 0.